The number of benzene rings is 1. The van der Waals surface area contributed by atoms with Gasteiger partial charge >= 0.3 is 0 Å². The van der Waals surface area contributed by atoms with Crippen LogP contribution in [0.1, 0.15) is 87.7 Å². The lowest BCUT2D eigenvalue weighted by atomic mass is 9.48. The Labute approximate surface area is 135 Å². The van der Waals surface area contributed by atoms with Crippen molar-refractivity contribution in [3.05, 3.63) is 35.4 Å². The van der Waals surface area contributed by atoms with E-state index in [1.165, 1.54) is 51.4 Å². The molecule has 5 fully saturated rings. The van der Waals surface area contributed by atoms with E-state index in [-0.39, 0.29) is 0 Å². The van der Waals surface area contributed by atoms with Crippen molar-refractivity contribution < 1.29 is 0 Å². The van der Waals surface area contributed by atoms with Crippen molar-refractivity contribution in [3.63, 3.8) is 0 Å². The highest BCUT2D eigenvalue weighted by molar-refractivity contribution is 5.34. The van der Waals surface area contributed by atoms with Crippen LogP contribution in [0.25, 0.3) is 0 Å². The summed E-state index contributed by atoms with van der Waals surface area (Å²) in [5.74, 6) is 4.04. The molecule has 0 saturated heterocycles. The average Bonchev–Trinajstić information content (AvgIpc) is 2.55. The van der Waals surface area contributed by atoms with Crippen molar-refractivity contribution in [2.24, 2.45) is 17.8 Å². The molecule has 0 heteroatoms. The first-order valence-electron chi connectivity index (χ1n) is 9.91. The van der Waals surface area contributed by atoms with Crippen LogP contribution in [0.3, 0.4) is 0 Å². The summed E-state index contributed by atoms with van der Waals surface area (Å²) in [4.78, 5) is 0. The monoisotopic (exact) mass is 294 g/mol. The maximum atomic E-state index is 2.66. The third-order valence-electron chi connectivity index (χ3n) is 7.61. The van der Waals surface area contributed by atoms with Gasteiger partial charge in [0.15, 0.2) is 0 Å². The zero-order chi connectivity index (χ0) is 14.6. The van der Waals surface area contributed by atoms with Crippen molar-refractivity contribution in [1.29, 1.82) is 0 Å². The predicted molar refractivity (Wildman–Crippen MR) is 92.1 cm³/mol. The lowest BCUT2D eigenvalue weighted by molar-refractivity contribution is -0.00523. The smallest absolute Gasteiger partial charge is 0.00390 e. The minimum atomic E-state index is 0.583. The molecule has 0 amide bonds. The standard InChI is InChI=1S/C22H30/c1-2-5-19(6-3-1)20-7-4-8-21(12-20)22-13-16-9-17(14-22)11-18(10-16)15-22/h4,7-8,12,16-19H,1-3,5-6,9-11,13-15H2. The van der Waals surface area contributed by atoms with E-state index >= 15 is 0 Å². The summed E-state index contributed by atoms with van der Waals surface area (Å²) in [6.45, 7) is 0. The summed E-state index contributed by atoms with van der Waals surface area (Å²) in [5, 5.41) is 0. The maximum Gasteiger partial charge on any atom is -0.00390 e. The highest BCUT2D eigenvalue weighted by atomic mass is 14.6. The molecule has 0 spiro atoms. The largest absolute Gasteiger partial charge is 0.0617 e. The number of hydrogen-bond donors (Lipinski definition) is 0. The Morgan fingerprint density at radius 3 is 2.05 bits per heavy atom. The van der Waals surface area contributed by atoms with Crippen LogP contribution in [0, 0.1) is 17.8 Å². The van der Waals surface area contributed by atoms with Gasteiger partial charge in [0.25, 0.3) is 0 Å². The quantitative estimate of drug-likeness (QED) is 0.609. The fourth-order valence-electron chi connectivity index (χ4n) is 7.02. The molecule has 0 unspecified atom stereocenters. The van der Waals surface area contributed by atoms with E-state index in [1.807, 2.05) is 0 Å². The Morgan fingerprint density at radius 1 is 0.773 bits per heavy atom. The first-order chi connectivity index (χ1) is 10.8. The molecule has 0 N–H and O–H groups in total. The van der Waals surface area contributed by atoms with Crippen molar-refractivity contribution in [1.82, 2.24) is 0 Å². The summed E-state index contributed by atoms with van der Waals surface area (Å²) in [5.41, 5.74) is 3.99. The van der Waals surface area contributed by atoms with Gasteiger partial charge in [-0.25, -0.2) is 0 Å². The van der Waals surface area contributed by atoms with Crippen LogP contribution in [0.2, 0.25) is 0 Å². The maximum absolute atomic E-state index is 2.66. The normalized spacial score (nSPS) is 41.0. The van der Waals surface area contributed by atoms with E-state index in [0.717, 1.165) is 23.7 Å². The first-order valence-corrected chi connectivity index (χ1v) is 9.91. The zero-order valence-corrected chi connectivity index (χ0v) is 13.9. The van der Waals surface area contributed by atoms with Gasteiger partial charge in [0.05, 0.1) is 0 Å². The SMILES string of the molecule is c1cc(C2CCCCC2)cc(C23CC4CC(CC(C4)C2)C3)c1. The van der Waals surface area contributed by atoms with Gasteiger partial charge in [0.2, 0.25) is 0 Å². The van der Waals surface area contributed by atoms with Crippen molar-refractivity contribution in [2.45, 2.75) is 82.0 Å². The third-order valence-corrected chi connectivity index (χ3v) is 7.61. The molecular weight excluding hydrogens is 264 g/mol. The Kier molecular flexibility index (Phi) is 3.17. The minimum absolute atomic E-state index is 0.583. The van der Waals surface area contributed by atoms with Gasteiger partial charge in [0.1, 0.15) is 0 Å². The van der Waals surface area contributed by atoms with Gasteiger partial charge in [0, 0.05) is 0 Å². The lowest BCUT2D eigenvalue weighted by Gasteiger charge is -2.57. The molecular formula is C22H30. The number of hydrogen-bond acceptors (Lipinski definition) is 0. The zero-order valence-electron chi connectivity index (χ0n) is 13.9. The molecule has 0 heterocycles. The Hall–Kier alpha value is -0.780. The molecule has 4 bridgehead atoms. The van der Waals surface area contributed by atoms with Crippen LogP contribution in [0.5, 0.6) is 0 Å². The van der Waals surface area contributed by atoms with Crippen molar-refractivity contribution >= 4 is 0 Å². The summed E-state index contributed by atoms with van der Waals surface area (Å²) in [7, 11) is 0. The van der Waals surface area contributed by atoms with Crippen molar-refractivity contribution in [2.75, 3.05) is 0 Å². The molecule has 0 aliphatic heterocycles. The van der Waals surface area contributed by atoms with Gasteiger partial charge in [-0.05, 0) is 91.6 Å². The second-order valence-electron chi connectivity index (χ2n) is 9.16. The predicted octanol–water partition coefficient (Wildman–Crippen LogP) is 6.20. The van der Waals surface area contributed by atoms with Crippen LogP contribution >= 0.6 is 0 Å². The molecule has 5 saturated carbocycles. The molecule has 5 aliphatic carbocycles. The van der Waals surface area contributed by atoms with Gasteiger partial charge in [-0.1, -0.05) is 43.5 Å². The van der Waals surface area contributed by atoms with E-state index in [1.54, 1.807) is 30.4 Å². The van der Waals surface area contributed by atoms with E-state index in [9.17, 15) is 0 Å². The topological polar surface area (TPSA) is 0 Å². The number of rotatable bonds is 2. The molecule has 6 rings (SSSR count). The molecule has 0 aromatic heterocycles. The summed E-state index contributed by atoms with van der Waals surface area (Å²) < 4.78 is 0. The van der Waals surface area contributed by atoms with Gasteiger partial charge < -0.3 is 0 Å². The molecule has 118 valence electrons. The third kappa shape index (κ3) is 2.17. The van der Waals surface area contributed by atoms with Gasteiger partial charge in [-0.3, -0.25) is 0 Å². The fourth-order valence-corrected chi connectivity index (χ4v) is 7.02. The Bertz CT molecular complexity index is 514. The molecule has 1 aromatic rings. The molecule has 0 nitrogen and oxygen atoms in total. The highest BCUT2D eigenvalue weighted by Crippen LogP contribution is 2.60. The van der Waals surface area contributed by atoms with Crippen molar-refractivity contribution in [3.8, 4) is 0 Å². The van der Waals surface area contributed by atoms with Gasteiger partial charge in [-0.2, -0.15) is 0 Å². The van der Waals surface area contributed by atoms with Crippen LogP contribution in [-0.2, 0) is 5.41 Å². The van der Waals surface area contributed by atoms with E-state index < -0.39 is 0 Å². The van der Waals surface area contributed by atoms with E-state index in [2.05, 4.69) is 24.3 Å². The summed E-state index contributed by atoms with van der Waals surface area (Å²) in [6, 6.07) is 9.96. The summed E-state index contributed by atoms with van der Waals surface area (Å²) in [6.07, 6.45) is 16.4. The molecule has 0 atom stereocenters. The Morgan fingerprint density at radius 2 is 1.41 bits per heavy atom. The minimum Gasteiger partial charge on any atom is -0.0617 e. The Balaban J connectivity index is 1.47. The average molecular weight is 294 g/mol. The van der Waals surface area contributed by atoms with Crippen LogP contribution in [0.4, 0.5) is 0 Å². The molecule has 1 aromatic carbocycles. The van der Waals surface area contributed by atoms with E-state index in [0.29, 0.717) is 5.41 Å². The van der Waals surface area contributed by atoms with Crippen LogP contribution in [0.15, 0.2) is 24.3 Å². The van der Waals surface area contributed by atoms with Gasteiger partial charge in [-0.15, -0.1) is 0 Å². The van der Waals surface area contributed by atoms with Crippen LogP contribution in [-0.4, -0.2) is 0 Å². The van der Waals surface area contributed by atoms with Crippen LogP contribution < -0.4 is 0 Å². The molecule has 0 radical (unpaired) electrons. The molecule has 22 heavy (non-hydrogen) atoms. The second-order valence-corrected chi connectivity index (χ2v) is 9.16. The fraction of sp³-hybridized carbons (Fsp3) is 0.727. The lowest BCUT2D eigenvalue weighted by Crippen LogP contribution is -2.48. The van der Waals surface area contributed by atoms with E-state index in [4.69, 9.17) is 0 Å². The summed E-state index contributed by atoms with van der Waals surface area (Å²) >= 11 is 0. The molecule has 5 aliphatic rings. The highest BCUT2D eigenvalue weighted by Gasteiger charge is 2.51. The first kappa shape index (κ1) is 13.6. The second kappa shape index (κ2) is 5.11.